The maximum absolute atomic E-state index is 13.2. The Hall–Kier alpha value is -2.67. The number of hydrogen-bond donors (Lipinski definition) is 0. The number of piperazine rings is 1. The minimum atomic E-state index is -0.0700. The quantitative estimate of drug-likeness (QED) is 0.797. The molecule has 0 saturated carbocycles. The lowest BCUT2D eigenvalue weighted by atomic mass is 9.89. The summed E-state index contributed by atoms with van der Waals surface area (Å²) in [5, 5.41) is 0. The van der Waals surface area contributed by atoms with Crippen molar-refractivity contribution < 1.29 is 14.0 Å². The van der Waals surface area contributed by atoms with Crippen molar-refractivity contribution in [1.29, 1.82) is 0 Å². The highest BCUT2D eigenvalue weighted by atomic mass is 16.3. The number of aryl methyl sites for hydroxylation is 1. The maximum Gasteiger partial charge on any atom is 0.289 e. The van der Waals surface area contributed by atoms with Crippen molar-refractivity contribution in [2.24, 2.45) is 0 Å². The average molecular weight is 396 g/mol. The fourth-order valence-electron chi connectivity index (χ4n) is 4.16. The van der Waals surface area contributed by atoms with Crippen molar-refractivity contribution in [3.63, 3.8) is 0 Å². The van der Waals surface area contributed by atoms with Crippen LogP contribution in [0.4, 0.5) is 0 Å². The maximum atomic E-state index is 13.2. The number of furan rings is 1. The number of carbonyl (C=O) groups is 2. The summed E-state index contributed by atoms with van der Waals surface area (Å²) in [6, 6.07) is 7.28. The van der Waals surface area contributed by atoms with E-state index in [2.05, 4.69) is 11.9 Å². The summed E-state index contributed by atoms with van der Waals surface area (Å²) < 4.78 is 5.24. The highest BCUT2D eigenvalue weighted by Gasteiger charge is 2.30. The third kappa shape index (κ3) is 4.19. The first-order valence-corrected chi connectivity index (χ1v) is 10.3. The van der Waals surface area contributed by atoms with Gasteiger partial charge in [-0.05, 0) is 51.1 Å². The molecule has 4 rings (SSSR count). The Morgan fingerprint density at radius 2 is 1.66 bits per heavy atom. The lowest BCUT2D eigenvalue weighted by Gasteiger charge is -2.34. The highest BCUT2D eigenvalue weighted by molar-refractivity contribution is 5.95. The molecule has 7 nitrogen and oxygen atoms in total. The third-order valence-electron chi connectivity index (χ3n) is 5.99. The summed E-state index contributed by atoms with van der Waals surface area (Å²) >= 11 is 0. The van der Waals surface area contributed by atoms with Gasteiger partial charge < -0.3 is 19.1 Å². The summed E-state index contributed by atoms with van der Waals surface area (Å²) in [6.07, 6.45) is 3.12. The lowest BCUT2D eigenvalue weighted by molar-refractivity contribution is 0.0649. The molecular formula is C22H28N4O3. The van der Waals surface area contributed by atoms with Gasteiger partial charge >= 0.3 is 0 Å². The minimum absolute atomic E-state index is 0.0700. The van der Waals surface area contributed by atoms with Crippen molar-refractivity contribution in [3.8, 4) is 0 Å². The van der Waals surface area contributed by atoms with Gasteiger partial charge in [-0.2, -0.15) is 0 Å². The third-order valence-corrected chi connectivity index (χ3v) is 5.99. The van der Waals surface area contributed by atoms with Crippen LogP contribution < -0.4 is 0 Å². The van der Waals surface area contributed by atoms with Crippen molar-refractivity contribution in [2.45, 2.75) is 25.7 Å². The molecule has 0 aliphatic carbocycles. The molecule has 0 aromatic carbocycles. The molecule has 2 aromatic heterocycles. The van der Waals surface area contributed by atoms with Crippen molar-refractivity contribution in [2.75, 3.05) is 46.3 Å². The van der Waals surface area contributed by atoms with Crippen molar-refractivity contribution >= 4 is 11.8 Å². The molecule has 0 radical (unpaired) electrons. The molecule has 7 heteroatoms. The van der Waals surface area contributed by atoms with E-state index in [1.54, 1.807) is 12.1 Å². The zero-order valence-corrected chi connectivity index (χ0v) is 17.1. The molecule has 2 amide bonds. The number of amides is 2. The second kappa shape index (κ2) is 8.37. The Bertz CT molecular complexity index is 864. The van der Waals surface area contributed by atoms with Crippen molar-refractivity contribution in [3.05, 3.63) is 53.2 Å². The summed E-state index contributed by atoms with van der Waals surface area (Å²) in [4.78, 5) is 36.5. The number of likely N-dealkylation sites (N-methyl/N-ethyl adjacent to an activating group) is 1. The molecule has 29 heavy (non-hydrogen) atoms. The molecule has 0 unspecified atom stereocenters. The molecule has 4 heterocycles. The number of carbonyl (C=O) groups excluding carboxylic acids is 2. The smallest absolute Gasteiger partial charge is 0.289 e. The zero-order valence-electron chi connectivity index (χ0n) is 17.1. The van der Waals surface area contributed by atoms with E-state index in [0.717, 1.165) is 56.0 Å². The lowest BCUT2D eigenvalue weighted by Crippen LogP contribution is -2.47. The van der Waals surface area contributed by atoms with E-state index in [9.17, 15) is 9.59 Å². The number of piperidine rings is 1. The van der Waals surface area contributed by atoms with Gasteiger partial charge in [-0.25, -0.2) is 0 Å². The van der Waals surface area contributed by atoms with Crippen LogP contribution in [0.25, 0.3) is 0 Å². The van der Waals surface area contributed by atoms with E-state index >= 15 is 0 Å². The van der Waals surface area contributed by atoms with Gasteiger partial charge in [0, 0.05) is 50.9 Å². The molecular weight excluding hydrogens is 368 g/mol. The molecule has 2 aromatic rings. The zero-order chi connectivity index (χ0) is 20.4. The molecule has 0 N–H and O–H groups in total. The first-order chi connectivity index (χ1) is 14.0. The van der Waals surface area contributed by atoms with Crippen LogP contribution in [-0.4, -0.2) is 77.8 Å². The van der Waals surface area contributed by atoms with Crippen LogP contribution in [0.1, 0.15) is 51.1 Å². The van der Waals surface area contributed by atoms with Gasteiger partial charge in [0.25, 0.3) is 11.8 Å². The Balaban J connectivity index is 1.48. The van der Waals surface area contributed by atoms with Crippen LogP contribution in [0.2, 0.25) is 0 Å². The summed E-state index contributed by atoms with van der Waals surface area (Å²) in [6.45, 7) is 6.53. The van der Waals surface area contributed by atoms with E-state index < -0.39 is 0 Å². The topological polar surface area (TPSA) is 69.9 Å². The van der Waals surface area contributed by atoms with Crippen LogP contribution in [0.5, 0.6) is 0 Å². The molecule has 0 spiro atoms. The van der Waals surface area contributed by atoms with E-state index in [4.69, 9.17) is 9.40 Å². The molecule has 154 valence electrons. The normalized spacial score (nSPS) is 18.8. The Morgan fingerprint density at radius 3 is 2.31 bits per heavy atom. The summed E-state index contributed by atoms with van der Waals surface area (Å²) in [7, 11) is 2.08. The van der Waals surface area contributed by atoms with Gasteiger partial charge in [0.2, 0.25) is 0 Å². The van der Waals surface area contributed by atoms with Crippen LogP contribution in [0.15, 0.2) is 34.9 Å². The average Bonchev–Trinajstić information content (AvgIpc) is 3.28. The van der Waals surface area contributed by atoms with Crippen molar-refractivity contribution in [1.82, 2.24) is 19.7 Å². The predicted octanol–water partition coefficient (Wildman–Crippen LogP) is 2.39. The number of likely N-dealkylation sites (tertiary alicyclic amines) is 1. The molecule has 0 atom stereocenters. The Labute approximate surface area is 171 Å². The SMILES string of the molecule is Cc1ccc(C(=O)N2CCN(C)CC2)c(C2CCN(C(=O)c3ccco3)CC2)n1. The number of pyridine rings is 1. The fourth-order valence-corrected chi connectivity index (χ4v) is 4.16. The number of nitrogens with zero attached hydrogens (tertiary/aromatic N) is 4. The van der Waals surface area contributed by atoms with E-state index in [-0.39, 0.29) is 17.7 Å². The Kier molecular flexibility index (Phi) is 5.67. The minimum Gasteiger partial charge on any atom is -0.459 e. The largest absolute Gasteiger partial charge is 0.459 e. The molecule has 2 aliphatic rings. The van der Waals surface area contributed by atoms with Gasteiger partial charge in [0.05, 0.1) is 17.5 Å². The first-order valence-electron chi connectivity index (χ1n) is 10.3. The summed E-state index contributed by atoms with van der Waals surface area (Å²) in [5.41, 5.74) is 2.53. The van der Waals surface area contributed by atoms with Gasteiger partial charge in [-0.1, -0.05) is 0 Å². The van der Waals surface area contributed by atoms with Crippen LogP contribution in [0.3, 0.4) is 0 Å². The Morgan fingerprint density at radius 1 is 0.966 bits per heavy atom. The molecule has 2 aliphatic heterocycles. The highest BCUT2D eigenvalue weighted by Crippen LogP contribution is 2.31. The number of aromatic nitrogens is 1. The number of rotatable bonds is 3. The first kappa shape index (κ1) is 19.6. The number of hydrogen-bond acceptors (Lipinski definition) is 5. The van der Waals surface area contributed by atoms with Gasteiger partial charge in [0.1, 0.15) is 0 Å². The predicted molar refractivity (Wildman–Crippen MR) is 109 cm³/mol. The van der Waals surface area contributed by atoms with Crippen LogP contribution >= 0.6 is 0 Å². The second-order valence-electron chi connectivity index (χ2n) is 8.02. The standard InChI is InChI=1S/C22H28N4O3/c1-16-5-6-18(21(27)26-13-11-24(2)12-14-26)20(23-16)17-7-9-25(10-8-17)22(28)19-4-3-15-29-19/h3-6,15,17H,7-14H2,1-2H3. The van der Waals surface area contributed by atoms with Gasteiger partial charge in [0.15, 0.2) is 5.76 Å². The van der Waals surface area contributed by atoms with E-state index in [1.807, 2.05) is 28.9 Å². The second-order valence-corrected chi connectivity index (χ2v) is 8.02. The fraction of sp³-hybridized carbons (Fsp3) is 0.500. The van der Waals surface area contributed by atoms with E-state index in [0.29, 0.717) is 18.8 Å². The van der Waals surface area contributed by atoms with Gasteiger partial charge in [-0.15, -0.1) is 0 Å². The van der Waals surface area contributed by atoms with Crippen LogP contribution in [0, 0.1) is 6.92 Å². The van der Waals surface area contributed by atoms with Gasteiger partial charge in [-0.3, -0.25) is 14.6 Å². The molecule has 0 bridgehead atoms. The van der Waals surface area contributed by atoms with Crippen LogP contribution in [-0.2, 0) is 0 Å². The summed E-state index contributed by atoms with van der Waals surface area (Å²) in [5.74, 6) is 0.569. The molecule has 2 saturated heterocycles. The molecule has 2 fully saturated rings. The monoisotopic (exact) mass is 396 g/mol. The van der Waals surface area contributed by atoms with E-state index in [1.165, 1.54) is 6.26 Å².